The third-order valence-electron chi connectivity index (χ3n) is 3.49. The van der Waals surface area contributed by atoms with E-state index in [-0.39, 0.29) is 6.54 Å². The summed E-state index contributed by atoms with van der Waals surface area (Å²) in [6.45, 7) is 0.794. The Labute approximate surface area is 146 Å². The number of nitrogens with one attached hydrogen (secondary N) is 2. The van der Waals surface area contributed by atoms with Crippen LogP contribution in [0.1, 0.15) is 16.7 Å². The molecule has 25 heavy (non-hydrogen) atoms. The van der Waals surface area contributed by atoms with Gasteiger partial charge in [0.1, 0.15) is 0 Å². The molecule has 0 fully saturated rings. The maximum absolute atomic E-state index is 11.9. The van der Waals surface area contributed by atoms with Gasteiger partial charge < -0.3 is 15.4 Å². The van der Waals surface area contributed by atoms with E-state index in [0.717, 1.165) is 16.7 Å². The molecular formula is C19H19N3O3. The van der Waals surface area contributed by atoms with E-state index in [1.165, 1.54) is 0 Å². The van der Waals surface area contributed by atoms with Gasteiger partial charge in [-0.3, -0.25) is 9.59 Å². The van der Waals surface area contributed by atoms with Crippen LogP contribution in [0, 0.1) is 11.3 Å². The van der Waals surface area contributed by atoms with Crippen molar-refractivity contribution in [2.24, 2.45) is 0 Å². The molecule has 0 unspecified atom stereocenters. The topological polar surface area (TPSA) is 91.2 Å². The van der Waals surface area contributed by atoms with Crippen LogP contribution in [-0.4, -0.2) is 18.9 Å². The molecule has 0 heterocycles. The normalized spacial score (nSPS) is 9.92. The standard InChI is InChI=1S/C19H19N3O3/c1-25-13-16-4-2-15(3-5-16)12-21-18(23)19(24)22-17-8-6-14(7-9-17)10-11-20/h2-9H,10,12-13H2,1H3,(H,21,23)(H,22,24). The number of nitrogens with zero attached hydrogens (tertiary/aromatic N) is 1. The average molecular weight is 337 g/mol. The molecule has 0 saturated carbocycles. The Kier molecular flexibility index (Phi) is 6.69. The fourth-order valence-electron chi connectivity index (χ4n) is 2.17. The summed E-state index contributed by atoms with van der Waals surface area (Å²) in [5, 5.41) is 13.7. The number of anilines is 1. The lowest BCUT2D eigenvalue weighted by Gasteiger charge is -2.08. The summed E-state index contributed by atoms with van der Waals surface area (Å²) in [4.78, 5) is 23.8. The van der Waals surface area contributed by atoms with Gasteiger partial charge in [0, 0.05) is 19.3 Å². The summed E-state index contributed by atoms with van der Waals surface area (Å²) >= 11 is 0. The highest BCUT2D eigenvalue weighted by molar-refractivity contribution is 6.39. The molecule has 6 heteroatoms. The minimum Gasteiger partial charge on any atom is -0.380 e. The van der Waals surface area contributed by atoms with E-state index >= 15 is 0 Å². The van der Waals surface area contributed by atoms with Crippen molar-refractivity contribution in [1.29, 1.82) is 5.26 Å². The Bertz CT molecular complexity index is 762. The van der Waals surface area contributed by atoms with Crippen molar-refractivity contribution in [2.45, 2.75) is 19.6 Å². The van der Waals surface area contributed by atoms with Crippen molar-refractivity contribution in [1.82, 2.24) is 5.32 Å². The third kappa shape index (κ3) is 5.75. The highest BCUT2D eigenvalue weighted by Crippen LogP contribution is 2.10. The van der Waals surface area contributed by atoms with Gasteiger partial charge in [0.15, 0.2) is 0 Å². The van der Waals surface area contributed by atoms with Gasteiger partial charge in [-0.05, 0) is 28.8 Å². The number of benzene rings is 2. The molecule has 6 nitrogen and oxygen atoms in total. The molecule has 2 N–H and O–H groups in total. The fourth-order valence-corrected chi connectivity index (χ4v) is 2.17. The van der Waals surface area contributed by atoms with Gasteiger partial charge in [-0.1, -0.05) is 36.4 Å². The largest absolute Gasteiger partial charge is 0.380 e. The monoisotopic (exact) mass is 337 g/mol. The number of nitriles is 1. The van der Waals surface area contributed by atoms with E-state index in [2.05, 4.69) is 10.6 Å². The van der Waals surface area contributed by atoms with Gasteiger partial charge in [0.05, 0.1) is 19.1 Å². The second-order valence-corrected chi connectivity index (χ2v) is 5.42. The predicted octanol–water partition coefficient (Wildman–Crippen LogP) is 2.15. The number of ether oxygens (including phenoxy) is 1. The molecule has 2 amide bonds. The zero-order valence-electron chi connectivity index (χ0n) is 13.9. The smallest absolute Gasteiger partial charge is 0.313 e. The number of methoxy groups -OCH3 is 1. The van der Waals surface area contributed by atoms with E-state index in [1.54, 1.807) is 31.4 Å². The van der Waals surface area contributed by atoms with Crippen LogP contribution in [0.25, 0.3) is 0 Å². The summed E-state index contributed by atoms with van der Waals surface area (Å²) in [7, 11) is 1.63. The second-order valence-electron chi connectivity index (χ2n) is 5.42. The van der Waals surface area contributed by atoms with Gasteiger partial charge in [-0.2, -0.15) is 5.26 Å². The maximum atomic E-state index is 11.9. The number of hydrogen-bond donors (Lipinski definition) is 2. The van der Waals surface area contributed by atoms with Gasteiger partial charge >= 0.3 is 11.8 Å². The van der Waals surface area contributed by atoms with Crippen molar-refractivity contribution in [3.8, 4) is 6.07 Å². The SMILES string of the molecule is COCc1ccc(CNC(=O)C(=O)Nc2ccc(CC#N)cc2)cc1. The first-order valence-electron chi connectivity index (χ1n) is 7.74. The van der Waals surface area contributed by atoms with E-state index in [0.29, 0.717) is 18.7 Å². The molecule has 0 aliphatic rings. The number of hydrogen-bond acceptors (Lipinski definition) is 4. The highest BCUT2D eigenvalue weighted by Gasteiger charge is 2.13. The molecule has 0 saturated heterocycles. The predicted molar refractivity (Wildman–Crippen MR) is 93.4 cm³/mol. The summed E-state index contributed by atoms with van der Waals surface area (Å²) < 4.78 is 5.04. The zero-order valence-corrected chi connectivity index (χ0v) is 13.9. The fraction of sp³-hybridized carbons (Fsp3) is 0.211. The zero-order chi connectivity index (χ0) is 18.1. The van der Waals surface area contributed by atoms with Gasteiger partial charge in [0.2, 0.25) is 0 Å². The van der Waals surface area contributed by atoms with Crippen molar-refractivity contribution in [2.75, 3.05) is 12.4 Å². The number of carbonyl (C=O) groups is 2. The van der Waals surface area contributed by atoms with Gasteiger partial charge in [-0.15, -0.1) is 0 Å². The maximum Gasteiger partial charge on any atom is 0.313 e. The Hall–Kier alpha value is -3.17. The Morgan fingerprint density at radius 1 is 0.960 bits per heavy atom. The number of rotatable bonds is 6. The van der Waals surface area contributed by atoms with Gasteiger partial charge in [-0.25, -0.2) is 0 Å². The number of amides is 2. The molecule has 0 aliphatic carbocycles. The minimum absolute atomic E-state index is 0.265. The molecule has 2 aromatic rings. The van der Waals surface area contributed by atoms with Crippen LogP contribution in [0.15, 0.2) is 48.5 Å². The highest BCUT2D eigenvalue weighted by atomic mass is 16.5. The van der Waals surface area contributed by atoms with E-state index in [9.17, 15) is 9.59 Å². The van der Waals surface area contributed by atoms with Crippen LogP contribution < -0.4 is 10.6 Å². The van der Waals surface area contributed by atoms with Crippen molar-refractivity contribution in [3.63, 3.8) is 0 Å². The first-order chi connectivity index (χ1) is 12.1. The summed E-state index contributed by atoms with van der Waals surface area (Å²) in [6, 6.07) is 16.4. The first-order valence-corrected chi connectivity index (χ1v) is 7.74. The molecule has 0 bridgehead atoms. The Morgan fingerprint density at radius 3 is 2.16 bits per heavy atom. The van der Waals surface area contributed by atoms with Crippen LogP contribution in [0.5, 0.6) is 0 Å². The van der Waals surface area contributed by atoms with Crippen molar-refractivity contribution in [3.05, 3.63) is 65.2 Å². The molecule has 0 aliphatic heterocycles. The van der Waals surface area contributed by atoms with Crippen molar-refractivity contribution >= 4 is 17.5 Å². The summed E-state index contributed by atoms with van der Waals surface area (Å²) in [5.41, 5.74) is 3.28. The van der Waals surface area contributed by atoms with Crippen molar-refractivity contribution < 1.29 is 14.3 Å². The van der Waals surface area contributed by atoms with Crippen LogP contribution in [0.2, 0.25) is 0 Å². The van der Waals surface area contributed by atoms with Crippen LogP contribution in [0.4, 0.5) is 5.69 Å². The molecule has 128 valence electrons. The quantitative estimate of drug-likeness (QED) is 0.790. The molecule has 0 aromatic heterocycles. The third-order valence-corrected chi connectivity index (χ3v) is 3.49. The van der Waals surface area contributed by atoms with Crippen LogP contribution in [0.3, 0.4) is 0 Å². The Balaban J connectivity index is 1.83. The van der Waals surface area contributed by atoms with Crippen LogP contribution in [-0.2, 0) is 33.9 Å². The van der Waals surface area contributed by atoms with E-state index in [1.807, 2.05) is 30.3 Å². The molecular weight excluding hydrogens is 318 g/mol. The summed E-state index contributed by atoms with van der Waals surface area (Å²) in [5.74, 6) is -1.44. The number of carbonyl (C=O) groups excluding carboxylic acids is 2. The van der Waals surface area contributed by atoms with E-state index in [4.69, 9.17) is 10.00 Å². The average Bonchev–Trinajstić information content (AvgIpc) is 2.63. The lowest BCUT2D eigenvalue weighted by molar-refractivity contribution is -0.136. The lowest BCUT2D eigenvalue weighted by Crippen LogP contribution is -2.34. The lowest BCUT2D eigenvalue weighted by atomic mass is 10.1. The molecule has 0 spiro atoms. The molecule has 0 atom stereocenters. The molecule has 2 rings (SSSR count). The first kappa shape index (κ1) is 18.2. The summed E-state index contributed by atoms with van der Waals surface area (Å²) in [6.07, 6.45) is 0.303. The Morgan fingerprint density at radius 2 is 1.56 bits per heavy atom. The van der Waals surface area contributed by atoms with Crippen LogP contribution >= 0.6 is 0 Å². The van der Waals surface area contributed by atoms with E-state index < -0.39 is 11.8 Å². The minimum atomic E-state index is -0.732. The molecule has 2 aromatic carbocycles. The van der Waals surface area contributed by atoms with Gasteiger partial charge in [0.25, 0.3) is 0 Å². The molecule has 0 radical (unpaired) electrons. The second kappa shape index (κ2) is 9.21.